The van der Waals surface area contributed by atoms with Crippen molar-refractivity contribution in [3.63, 3.8) is 0 Å². The van der Waals surface area contributed by atoms with Crippen LogP contribution in [0.1, 0.15) is 70.3 Å². The zero-order valence-electron chi connectivity index (χ0n) is 19.8. The van der Waals surface area contributed by atoms with E-state index in [4.69, 9.17) is 4.98 Å². The standard InChI is InChI=1S/C26H31N5O3/c1-30(2)26(34)20-14-19(16-27-17-20)24(15-25(32)33)31-13-12-22(29-31)8-5-7-21-11-10-18-6-3-4-9-23(18)28-21/h10-14,16-17,24H,3-9,15H2,1-2H3,(H,32,33). The summed E-state index contributed by atoms with van der Waals surface area (Å²) >= 11 is 0. The van der Waals surface area contributed by atoms with Crippen molar-refractivity contribution in [3.05, 3.63) is 76.6 Å². The van der Waals surface area contributed by atoms with E-state index in [0.717, 1.165) is 43.5 Å². The van der Waals surface area contributed by atoms with E-state index in [1.54, 1.807) is 37.2 Å². The Balaban J connectivity index is 1.44. The minimum atomic E-state index is -0.940. The van der Waals surface area contributed by atoms with E-state index in [9.17, 15) is 14.7 Å². The van der Waals surface area contributed by atoms with Crippen molar-refractivity contribution in [2.75, 3.05) is 14.1 Å². The van der Waals surface area contributed by atoms with Crippen LogP contribution in [-0.2, 0) is 30.5 Å². The number of carboxylic acid groups (broad SMARTS) is 1. The van der Waals surface area contributed by atoms with Gasteiger partial charge in [0.25, 0.3) is 5.91 Å². The highest BCUT2D eigenvalue weighted by molar-refractivity contribution is 5.93. The summed E-state index contributed by atoms with van der Waals surface area (Å²) in [5, 5.41) is 14.1. The van der Waals surface area contributed by atoms with Crippen LogP contribution in [0.2, 0.25) is 0 Å². The lowest BCUT2D eigenvalue weighted by atomic mass is 9.95. The molecule has 0 aliphatic heterocycles. The summed E-state index contributed by atoms with van der Waals surface area (Å²) in [4.78, 5) is 34.4. The third kappa shape index (κ3) is 5.68. The first-order chi connectivity index (χ1) is 16.4. The van der Waals surface area contributed by atoms with Gasteiger partial charge in [0.15, 0.2) is 0 Å². The van der Waals surface area contributed by atoms with E-state index < -0.39 is 12.0 Å². The number of nitrogens with zero attached hydrogens (tertiary/aromatic N) is 5. The van der Waals surface area contributed by atoms with E-state index in [1.807, 2.05) is 6.07 Å². The average Bonchev–Trinajstić information content (AvgIpc) is 3.30. The Morgan fingerprint density at radius 1 is 1.09 bits per heavy atom. The second kappa shape index (κ2) is 10.6. The van der Waals surface area contributed by atoms with Crippen LogP contribution in [0.25, 0.3) is 0 Å². The first kappa shape index (κ1) is 23.6. The molecule has 3 heterocycles. The molecule has 1 amide bonds. The number of carbonyl (C=O) groups excluding carboxylic acids is 1. The van der Waals surface area contributed by atoms with Gasteiger partial charge >= 0.3 is 5.97 Å². The number of aliphatic carboxylic acids is 1. The molecule has 0 bridgehead atoms. The molecule has 1 atom stereocenters. The van der Waals surface area contributed by atoms with Gasteiger partial charge in [-0.05, 0) is 74.3 Å². The van der Waals surface area contributed by atoms with Gasteiger partial charge in [0, 0.05) is 44.1 Å². The van der Waals surface area contributed by atoms with Crippen molar-refractivity contribution in [2.45, 2.75) is 57.4 Å². The number of fused-ring (bicyclic) bond motifs is 1. The minimum Gasteiger partial charge on any atom is -0.481 e. The number of carboxylic acids is 1. The lowest BCUT2D eigenvalue weighted by Gasteiger charge is -2.17. The Labute approximate surface area is 199 Å². The summed E-state index contributed by atoms with van der Waals surface area (Å²) in [6.45, 7) is 0. The molecule has 0 aromatic carbocycles. The molecule has 1 N–H and O–H groups in total. The maximum absolute atomic E-state index is 12.3. The van der Waals surface area contributed by atoms with E-state index in [0.29, 0.717) is 11.1 Å². The summed E-state index contributed by atoms with van der Waals surface area (Å²) in [6, 6.07) is 7.45. The molecule has 8 nitrogen and oxygen atoms in total. The molecule has 4 rings (SSSR count). The lowest BCUT2D eigenvalue weighted by molar-refractivity contribution is -0.137. The number of rotatable bonds is 9. The molecule has 0 saturated heterocycles. The molecule has 3 aromatic rings. The minimum absolute atomic E-state index is 0.151. The van der Waals surface area contributed by atoms with Crippen molar-refractivity contribution in [3.8, 4) is 0 Å². The number of hydrogen-bond donors (Lipinski definition) is 1. The van der Waals surface area contributed by atoms with Crippen LogP contribution in [0.15, 0.2) is 42.9 Å². The van der Waals surface area contributed by atoms with Gasteiger partial charge in [-0.1, -0.05) is 6.07 Å². The van der Waals surface area contributed by atoms with Gasteiger partial charge in [-0.25, -0.2) is 0 Å². The van der Waals surface area contributed by atoms with Crippen molar-refractivity contribution < 1.29 is 14.7 Å². The molecule has 1 aliphatic rings. The number of aryl methyl sites for hydroxylation is 4. The topological polar surface area (TPSA) is 101 Å². The number of pyridine rings is 2. The maximum Gasteiger partial charge on any atom is 0.305 e. The first-order valence-corrected chi connectivity index (χ1v) is 11.8. The van der Waals surface area contributed by atoms with Gasteiger partial charge in [0.05, 0.1) is 23.7 Å². The molecule has 0 saturated carbocycles. The van der Waals surface area contributed by atoms with Gasteiger partial charge in [-0.15, -0.1) is 0 Å². The predicted molar refractivity (Wildman–Crippen MR) is 128 cm³/mol. The highest BCUT2D eigenvalue weighted by Crippen LogP contribution is 2.23. The van der Waals surface area contributed by atoms with E-state index in [1.165, 1.54) is 35.2 Å². The number of amides is 1. The van der Waals surface area contributed by atoms with Crippen LogP contribution in [0.4, 0.5) is 0 Å². The quantitative estimate of drug-likeness (QED) is 0.523. The molecular formula is C26H31N5O3. The van der Waals surface area contributed by atoms with Gasteiger partial charge in [-0.3, -0.25) is 24.2 Å². The van der Waals surface area contributed by atoms with Crippen molar-refractivity contribution in [2.24, 2.45) is 0 Å². The zero-order chi connectivity index (χ0) is 24.1. The monoisotopic (exact) mass is 461 g/mol. The van der Waals surface area contributed by atoms with Gasteiger partial charge in [-0.2, -0.15) is 5.10 Å². The van der Waals surface area contributed by atoms with Crippen molar-refractivity contribution >= 4 is 11.9 Å². The Morgan fingerprint density at radius 2 is 1.88 bits per heavy atom. The summed E-state index contributed by atoms with van der Waals surface area (Å²) in [5.41, 5.74) is 5.74. The number of hydrogen-bond acceptors (Lipinski definition) is 5. The molecule has 8 heteroatoms. The predicted octanol–water partition coefficient (Wildman–Crippen LogP) is 3.49. The number of carbonyl (C=O) groups is 2. The van der Waals surface area contributed by atoms with Crippen LogP contribution < -0.4 is 0 Å². The lowest BCUT2D eigenvalue weighted by Crippen LogP contribution is -2.23. The maximum atomic E-state index is 12.3. The second-order valence-corrected chi connectivity index (χ2v) is 9.08. The SMILES string of the molecule is CN(C)C(=O)c1cncc(C(CC(=O)O)n2ccc(CCCc3ccc4c(n3)CCCC4)n2)c1. The molecule has 3 aromatic heterocycles. The normalized spacial score (nSPS) is 13.8. The van der Waals surface area contributed by atoms with Gasteiger partial charge in [0.2, 0.25) is 0 Å². The van der Waals surface area contributed by atoms with Crippen molar-refractivity contribution in [1.29, 1.82) is 0 Å². The van der Waals surface area contributed by atoms with E-state index in [2.05, 4.69) is 22.2 Å². The molecule has 1 aliphatic carbocycles. The average molecular weight is 462 g/mol. The van der Waals surface area contributed by atoms with Gasteiger partial charge < -0.3 is 10.0 Å². The van der Waals surface area contributed by atoms with Crippen LogP contribution in [0.5, 0.6) is 0 Å². The van der Waals surface area contributed by atoms with E-state index in [-0.39, 0.29) is 12.3 Å². The molecule has 0 spiro atoms. The van der Waals surface area contributed by atoms with Crippen LogP contribution in [0, 0.1) is 0 Å². The Kier molecular flexibility index (Phi) is 7.35. The summed E-state index contributed by atoms with van der Waals surface area (Å²) < 4.78 is 1.67. The largest absolute Gasteiger partial charge is 0.481 e. The Hall–Kier alpha value is -3.55. The number of aromatic nitrogens is 4. The summed E-state index contributed by atoms with van der Waals surface area (Å²) in [6.07, 6.45) is 12.0. The first-order valence-electron chi connectivity index (χ1n) is 11.8. The molecule has 1 unspecified atom stereocenters. The fourth-order valence-electron chi connectivity index (χ4n) is 4.45. The van der Waals surface area contributed by atoms with E-state index >= 15 is 0 Å². The summed E-state index contributed by atoms with van der Waals surface area (Å²) in [7, 11) is 3.34. The van der Waals surface area contributed by atoms with Crippen LogP contribution in [0.3, 0.4) is 0 Å². The smallest absolute Gasteiger partial charge is 0.305 e. The fourth-order valence-corrected chi connectivity index (χ4v) is 4.45. The third-order valence-electron chi connectivity index (χ3n) is 6.25. The zero-order valence-corrected chi connectivity index (χ0v) is 19.8. The van der Waals surface area contributed by atoms with Crippen molar-refractivity contribution in [1.82, 2.24) is 24.6 Å². The molecule has 178 valence electrons. The molecular weight excluding hydrogens is 430 g/mol. The molecule has 34 heavy (non-hydrogen) atoms. The van der Waals surface area contributed by atoms with Crippen LogP contribution >= 0.6 is 0 Å². The Bertz CT molecular complexity index is 1170. The highest BCUT2D eigenvalue weighted by Gasteiger charge is 2.21. The van der Waals surface area contributed by atoms with Crippen LogP contribution in [-0.4, -0.2) is 55.7 Å². The third-order valence-corrected chi connectivity index (χ3v) is 6.25. The second-order valence-electron chi connectivity index (χ2n) is 9.08. The summed E-state index contributed by atoms with van der Waals surface area (Å²) in [5.74, 6) is -1.12. The molecule has 0 fully saturated rings. The highest BCUT2D eigenvalue weighted by atomic mass is 16.4. The molecule has 0 radical (unpaired) electrons. The fraction of sp³-hybridized carbons (Fsp3) is 0.423. The van der Waals surface area contributed by atoms with Gasteiger partial charge in [0.1, 0.15) is 0 Å². The Morgan fingerprint density at radius 3 is 2.68 bits per heavy atom.